The molecular weight excluding hydrogens is 250 g/mol. The molecule has 1 aromatic rings. The van der Waals surface area contributed by atoms with Crippen LogP contribution in [-0.4, -0.2) is 22.2 Å². The molecule has 0 bridgehead atoms. The van der Waals surface area contributed by atoms with Crippen LogP contribution in [0.3, 0.4) is 0 Å². The molecule has 1 rings (SSSR count). The first-order chi connectivity index (χ1) is 8.40. The molecule has 0 fully saturated rings. The van der Waals surface area contributed by atoms with Gasteiger partial charge in [-0.05, 0) is 24.3 Å². The van der Waals surface area contributed by atoms with E-state index < -0.39 is 11.9 Å². The number of thioether (sulfide) groups is 1. The molecule has 0 aliphatic carbocycles. The van der Waals surface area contributed by atoms with Crippen LogP contribution in [0.5, 0.6) is 0 Å². The zero-order chi connectivity index (χ0) is 13.7. The summed E-state index contributed by atoms with van der Waals surface area (Å²) in [5.41, 5.74) is 0.741. The lowest BCUT2D eigenvalue weighted by atomic mass is 10.1. The van der Waals surface area contributed by atoms with Crippen LogP contribution in [0.25, 0.3) is 0 Å². The number of amides is 1. The lowest BCUT2D eigenvalue weighted by Crippen LogP contribution is -2.19. The van der Waals surface area contributed by atoms with Gasteiger partial charge in [0.15, 0.2) is 0 Å². The first-order valence-electron chi connectivity index (χ1n) is 5.67. The van der Waals surface area contributed by atoms with Crippen LogP contribution in [0, 0.1) is 5.92 Å². The quantitative estimate of drug-likeness (QED) is 0.805. The monoisotopic (exact) mass is 267 g/mol. The fourth-order valence-corrected chi connectivity index (χ4v) is 2.38. The molecule has 0 saturated carbocycles. The lowest BCUT2D eigenvalue weighted by molar-refractivity contribution is -0.140. The molecule has 2 unspecified atom stereocenters. The fraction of sp³-hybridized carbons (Fsp3) is 0.385. The minimum atomic E-state index is -0.787. The lowest BCUT2D eigenvalue weighted by Gasteiger charge is -2.15. The highest BCUT2D eigenvalue weighted by atomic mass is 32.2. The summed E-state index contributed by atoms with van der Waals surface area (Å²) in [6.45, 7) is 5.05. The zero-order valence-corrected chi connectivity index (χ0v) is 11.5. The van der Waals surface area contributed by atoms with Crippen molar-refractivity contribution in [1.82, 2.24) is 0 Å². The van der Waals surface area contributed by atoms with Crippen molar-refractivity contribution in [3.8, 4) is 0 Å². The Hall–Kier alpha value is -1.49. The Bertz CT molecular complexity index is 430. The van der Waals surface area contributed by atoms with Gasteiger partial charge in [-0.2, -0.15) is 0 Å². The van der Waals surface area contributed by atoms with Gasteiger partial charge < -0.3 is 10.4 Å². The largest absolute Gasteiger partial charge is 0.481 e. The average molecular weight is 267 g/mol. The summed E-state index contributed by atoms with van der Waals surface area (Å²) >= 11 is 1.51. The highest BCUT2D eigenvalue weighted by Gasteiger charge is 2.20. The van der Waals surface area contributed by atoms with E-state index in [0.29, 0.717) is 0 Å². The Labute approximate surface area is 111 Å². The molecule has 0 heterocycles. The van der Waals surface area contributed by atoms with Gasteiger partial charge in [0.05, 0.1) is 5.92 Å². The second kappa shape index (κ2) is 6.44. The smallest absolute Gasteiger partial charge is 0.307 e. The summed E-state index contributed by atoms with van der Waals surface area (Å²) < 4.78 is 0. The number of carbonyl (C=O) groups excluding carboxylic acids is 1. The first-order valence-corrected chi connectivity index (χ1v) is 6.55. The Morgan fingerprint density at radius 1 is 1.22 bits per heavy atom. The molecule has 0 spiro atoms. The van der Waals surface area contributed by atoms with Crippen molar-refractivity contribution < 1.29 is 14.7 Å². The molecule has 1 amide bonds. The van der Waals surface area contributed by atoms with Crippen molar-refractivity contribution in [3.63, 3.8) is 0 Å². The van der Waals surface area contributed by atoms with E-state index >= 15 is 0 Å². The Kier molecular flexibility index (Phi) is 5.22. The van der Waals surface area contributed by atoms with E-state index in [1.807, 2.05) is 31.2 Å². The van der Waals surface area contributed by atoms with Crippen molar-refractivity contribution in [3.05, 3.63) is 24.3 Å². The molecule has 0 aliphatic rings. The molecule has 0 saturated heterocycles. The summed E-state index contributed by atoms with van der Waals surface area (Å²) in [4.78, 5) is 22.7. The van der Waals surface area contributed by atoms with E-state index in [4.69, 9.17) is 5.11 Å². The predicted octanol–water partition coefficient (Wildman–Crippen LogP) is 2.85. The molecule has 0 radical (unpaired) electrons. The molecule has 2 N–H and O–H groups in total. The maximum Gasteiger partial charge on any atom is 0.307 e. The van der Waals surface area contributed by atoms with Crippen molar-refractivity contribution >= 4 is 29.3 Å². The predicted molar refractivity (Wildman–Crippen MR) is 72.9 cm³/mol. The number of carbonyl (C=O) groups is 2. The topological polar surface area (TPSA) is 66.4 Å². The standard InChI is InChI=1S/C13H17NO3S/c1-8(13(16)17)9(2)18-12-6-4-11(5-7-12)14-10(3)15/h4-9H,1-3H3,(H,14,15)(H,16,17). The van der Waals surface area contributed by atoms with Crippen molar-refractivity contribution in [2.75, 3.05) is 5.32 Å². The van der Waals surface area contributed by atoms with Gasteiger partial charge in [0, 0.05) is 22.8 Å². The molecule has 0 aliphatic heterocycles. The van der Waals surface area contributed by atoms with Crippen LogP contribution >= 0.6 is 11.8 Å². The molecule has 0 aromatic heterocycles. The molecule has 98 valence electrons. The van der Waals surface area contributed by atoms with Crippen molar-refractivity contribution in [1.29, 1.82) is 0 Å². The highest BCUT2D eigenvalue weighted by Crippen LogP contribution is 2.28. The van der Waals surface area contributed by atoms with Crippen LogP contribution < -0.4 is 5.32 Å². The highest BCUT2D eigenvalue weighted by molar-refractivity contribution is 8.00. The Morgan fingerprint density at radius 2 is 1.78 bits per heavy atom. The average Bonchev–Trinajstić information content (AvgIpc) is 2.29. The maximum atomic E-state index is 10.9. The second-order valence-electron chi connectivity index (χ2n) is 4.16. The fourth-order valence-electron chi connectivity index (χ4n) is 1.34. The number of carboxylic acids is 1. The molecule has 2 atom stereocenters. The molecule has 18 heavy (non-hydrogen) atoms. The van der Waals surface area contributed by atoms with E-state index in [1.165, 1.54) is 18.7 Å². The Morgan fingerprint density at radius 3 is 2.22 bits per heavy atom. The zero-order valence-electron chi connectivity index (χ0n) is 10.6. The van der Waals surface area contributed by atoms with E-state index in [1.54, 1.807) is 6.92 Å². The minimum absolute atomic E-state index is 0.00545. The molecule has 5 heteroatoms. The van der Waals surface area contributed by atoms with Gasteiger partial charge >= 0.3 is 5.97 Å². The van der Waals surface area contributed by atoms with Crippen LogP contribution in [0.2, 0.25) is 0 Å². The van der Waals surface area contributed by atoms with Gasteiger partial charge in [-0.1, -0.05) is 13.8 Å². The molecule has 1 aromatic carbocycles. The number of nitrogens with one attached hydrogen (secondary N) is 1. The third-order valence-corrected chi connectivity index (χ3v) is 3.91. The number of hydrogen-bond acceptors (Lipinski definition) is 3. The number of hydrogen-bond donors (Lipinski definition) is 2. The van der Waals surface area contributed by atoms with Crippen molar-refractivity contribution in [2.24, 2.45) is 5.92 Å². The van der Waals surface area contributed by atoms with Gasteiger partial charge in [0.25, 0.3) is 0 Å². The normalized spacial score (nSPS) is 13.7. The van der Waals surface area contributed by atoms with Crippen LogP contribution in [0.1, 0.15) is 20.8 Å². The van der Waals surface area contributed by atoms with E-state index in [0.717, 1.165) is 10.6 Å². The number of anilines is 1. The third kappa shape index (κ3) is 4.41. The van der Waals surface area contributed by atoms with Crippen LogP contribution in [-0.2, 0) is 9.59 Å². The SMILES string of the molecule is CC(=O)Nc1ccc(SC(C)C(C)C(=O)O)cc1. The van der Waals surface area contributed by atoms with Crippen molar-refractivity contribution in [2.45, 2.75) is 30.9 Å². The first kappa shape index (κ1) is 14.6. The number of aliphatic carboxylic acids is 1. The van der Waals surface area contributed by atoms with E-state index in [9.17, 15) is 9.59 Å². The number of carboxylic acid groups (broad SMARTS) is 1. The summed E-state index contributed by atoms with van der Waals surface area (Å²) in [5.74, 6) is -1.29. The second-order valence-corrected chi connectivity index (χ2v) is 5.61. The van der Waals surface area contributed by atoms with Gasteiger partial charge in [-0.25, -0.2) is 0 Å². The number of benzene rings is 1. The van der Waals surface area contributed by atoms with Gasteiger partial charge in [-0.3, -0.25) is 9.59 Å². The van der Waals surface area contributed by atoms with E-state index in [2.05, 4.69) is 5.32 Å². The summed E-state index contributed by atoms with van der Waals surface area (Å²) in [5, 5.41) is 11.6. The van der Waals surface area contributed by atoms with Gasteiger partial charge in [0.1, 0.15) is 0 Å². The van der Waals surface area contributed by atoms with Gasteiger partial charge in [-0.15, -0.1) is 11.8 Å². The minimum Gasteiger partial charge on any atom is -0.481 e. The summed E-state index contributed by atoms with van der Waals surface area (Å²) in [6, 6.07) is 7.37. The molecule has 4 nitrogen and oxygen atoms in total. The van der Waals surface area contributed by atoms with Crippen LogP contribution in [0.4, 0.5) is 5.69 Å². The summed E-state index contributed by atoms with van der Waals surface area (Å²) in [7, 11) is 0. The molecular formula is C13H17NO3S. The van der Waals surface area contributed by atoms with Crippen LogP contribution in [0.15, 0.2) is 29.2 Å². The maximum absolute atomic E-state index is 10.9. The third-order valence-electron chi connectivity index (χ3n) is 2.59. The Balaban J connectivity index is 2.63. The van der Waals surface area contributed by atoms with E-state index in [-0.39, 0.29) is 11.2 Å². The number of rotatable bonds is 5. The van der Waals surface area contributed by atoms with Gasteiger partial charge in [0.2, 0.25) is 5.91 Å². The summed E-state index contributed by atoms with van der Waals surface area (Å²) in [6.07, 6.45) is 0.